The molecule has 3 aliphatic rings. The highest BCUT2D eigenvalue weighted by atomic mass is 19.4. The second kappa shape index (κ2) is 11.8. The molecule has 0 radical (unpaired) electrons. The van der Waals surface area contributed by atoms with E-state index in [2.05, 4.69) is 15.7 Å². The highest BCUT2D eigenvalue weighted by Crippen LogP contribution is 2.43. The third-order valence-corrected chi connectivity index (χ3v) is 8.09. The van der Waals surface area contributed by atoms with Crippen LogP contribution in [0, 0.1) is 5.41 Å². The molecule has 0 atom stereocenters. The van der Waals surface area contributed by atoms with E-state index >= 15 is 0 Å². The van der Waals surface area contributed by atoms with Crippen molar-refractivity contribution in [2.75, 3.05) is 44.8 Å². The third kappa shape index (κ3) is 6.07. The minimum Gasteiger partial charge on any atom is -0.385 e. The van der Waals surface area contributed by atoms with Crippen LogP contribution in [0.3, 0.4) is 0 Å². The number of rotatable bonds is 5. The standard InChI is InChI=1S/C29H38F3N7O2/c1-18(2)39-16-20(15-35-39)22-13-19-5-4-9-38(26(19)14-24(22)29(30,31)32)27(33)23-17-37(28(40)34-3)10-6-25(23)36-21-7-11-41-12-8-21/h13-16,18,21,33,36H,4-12,17H2,1-3H3,(H,34,40). The van der Waals surface area contributed by atoms with E-state index in [0.717, 1.165) is 24.1 Å². The van der Waals surface area contributed by atoms with Crippen molar-refractivity contribution >= 4 is 17.6 Å². The highest BCUT2D eigenvalue weighted by Gasteiger charge is 2.37. The van der Waals surface area contributed by atoms with E-state index in [1.165, 1.54) is 12.3 Å². The summed E-state index contributed by atoms with van der Waals surface area (Å²) >= 11 is 0. The summed E-state index contributed by atoms with van der Waals surface area (Å²) in [7, 11) is 1.56. The summed E-state index contributed by atoms with van der Waals surface area (Å²) in [5.74, 6) is 0.127. The van der Waals surface area contributed by atoms with Crippen LogP contribution < -0.4 is 15.5 Å². The van der Waals surface area contributed by atoms with Crippen molar-refractivity contribution in [1.82, 2.24) is 25.3 Å². The van der Waals surface area contributed by atoms with E-state index in [9.17, 15) is 23.4 Å². The predicted molar refractivity (Wildman–Crippen MR) is 151 cm³/mol. The van der Waals surface area contributed by atoms with Gasteiger partial charge in [0.25, 0.3) is 0 Å². The van der Waals surface area contributed by atoms with Gasteiger partial charge in [0.15, 0.2) is 0 Å². The lowest BCUT2D eigenvalue weighted by molar-refractivity contribution is -0.137. The molecule has 9 nitrogen and oxygen atoms in total. The van der Waals surface area contributed by atoms with Crippen molar-refractivity contribution in [3.8, 4) is 11.1 Å². The van der Waals surface area contributed by atoms with Gasteiger partial charge in [-0.15, -0.1) is 0 Å². The van der Waals surface area contributed by atoms with Crippen molar-refractivity contribution < 1.29 is 22.7 Å². The van der Waals surface area contributed by atoms with Crippen LogP contribution in [-0.4, -0.2) is 72.5 Å². The summed E-state index contributed by atoms with van der Waals surface area (Å²) in [6.45, 7) is 6.27. The fourth-order valence-corrected chi connectivity index (χ4v) is 5.82. The number of alkyl halides is 3. The number of halogens is 3. The summed E-state index contributed by atoms with van der Waals surface area (Å²) in [6.07, 6.45) is 2.05. The van der Waals surface area contributed by atoms with Crippen LogP contribution in [0.1, 0.15) is 56.7 Å². The molecule has 3 N–H and O–H groups in total. The minimum absolute atomic E-state index is 0.0220. The summed E-state index contributed by atoms with van der Waals surface area (Å²) < 4.78 is 50.6. The number of aryl methyl sites for hydroxylation is 1. The molecule has 0 spiro atoms. The summed E-state index contributed by atoms with van der Waals surface area (Å²) in [6, 6.07) is 2.77. The molecule has 5 rings (SSSR count). The molecule has 12 heteroatoms. The van der Waals surface area contributed by atoms with Crippen molar-refractivity contribution in [2.24, 2.45) is 0 Å². The Balaban J connectivity index is 1.54. The Hall–Kier alpha value is -3.54. The smallest absolute Gasteiger partial charge is 0.385 e. The lowest BCUT2D eigenvalue weighted by Gasteiger charge is -2.38. The predicted octanol–water partition coefficient (Wildman–Crippen LogP) is 4.95. The van der Waals surface area contributed by atoms with E-state index in [1.54, 1.807) is 33.8 Å². The van der Waals surface area contributed by atoms with Gasteiger partial charge in [0, 0.05) is 80.6 Å². The van der Waals surface area contributed by atoms with Crippen LogP contribution in [0.5, 0.6) is 0 Å². The largest absolute Gasteiger partial charge is 0.417 e. The van der Waals surface area contributed by atoms with Crippen molar-refractivity contribution in [3.05, 3.63) is 46.9 Å². The summed E-state index contributed by atoms with van der Waals surface area (Å²) in [5, 5.41) is 19.8. The van der Waals surface area contributed by atoms with E-state index in [0.29, 0.717) is 62.4 Å². The zero-order chi connectivity index (χ0) is 29.3. The van der Waals surface area contributed by atoms with Gasteiger partial charge in [0.2, 0.25) is 0 Å². The number of carbonyl (C=O) groups excluding carboxylic acids is 1. The number of benzene rings is 1. The lowest BCUT2D eigenvalue weighted by atomic mass is 9.92. The Kier molecular flexibility index (Phi) is 8.30. The average molecular weight is 574 g/mol. The fraction of sp³-hybridized carbons (Fsp3) is 0.552. The number of aromatic nitrogens is 2. The number of hydrogen-bond acceptors (Lipinski definition) is 5. The van der Waals surface area contributed by atoms with Gasteiger partial charge in [-0.25, -0.2) is 4.79 Å². The Labute approximate surface area is 238 Å². The number of urea groups is 1. The second-order valence-electron chi connectivity index (χ2n) is 11.1. The zero-order valence-corrected chi connectivity index (χ0v) is 23.8. The first-order chi connectivity index (χ1) is 19.6. The molecule has 1 aromatic carbocycles. The maximum absolute atomic E-state index is 14.5. The number of anilines is 1. The molecule has 2 aromatic rings. The first kappa shape index (κ1) is 29.0. The lowest BCUT2D eigenvalue weighted by Crippen LogP contribution is -2.48. The van der Waals surface area contributed by atoms with Crippen LogP contribution in [0.2, 0.25) is 0 Å². The summed E-state index contributed by atoms with van der Waals surface area (Å²) in [5.41, 5.74) is 2.44. The molecule has 0 aliphatic carbocycles. The van der Waals surface area contributed by atoms with Gasteiger partial charge >= 0.3 is 12.2 Å². The number of amidine groups is 1. The van der Waals surface area contributed by atoms with Gasteiger partial charge in [-0.3, -0.25) is 10.1 Å². The molecule has 1 saturated heterocycles. The SMILES string of the molecule is CNC(=O)N1CCC(NC2CCOCC2)=C(C(=N)N2CCCc3cc(-c4cnn(C(C)C)c4)c(C(F)(F)F)cc32)C1. The zero-order valence-electron chi connectivity index (χ0n) is 23.8. The van der Waals surface area contributed by atoms with Crippen molar-refractivity contribution in [1.29, 1.82) is 5.41 Å². The number of nitrogens with one attached hydrogen (secondary N) is 3. The normalized spacial score (nSPS) is 18.5. The number of carbonyl (C=O) groups is 1. The van der Waals surface area contributed by atoms with Crippen LogP contribution in [0.4, 0.5) is 23.7 Å². The molecule has 1 fully saturated rings. The van der Waals surface area contributed by atoms with Crippen LogP contribution in [-0.2, 0) is 17.3 Å². The first-order valence-electron chi connectivity index (χ1n) is 14.2. The highest BCUT2D eigenvalue weighted by molar-refractivity contribution is 6.09. The van der Waals surface area contributed by atoms with E-state index in [1.807, 2.05) is 13.8 Å². The molecule has 2 amide bonds. The van der Waals surface area contributed by atoms with E-state index in [4.69, 9.17) is 4.74 Å². The van der Waals surface area contributed by atoms with Gasteiger partial charge in [-0.1, -0.05) is 0 Å². The molecule has 1 aromatic heterocycles. The molecule has 222 valence electrons. The number of ether oxygens (including phenoxy) is 1. The third-order valence-electron chi connectivity index (χ3n) is 8.09. The Bertz CT molecular complexity index is 1330. The molecule has 0 bridgehead atoms. The van der Waals surface area contributed by atoms with Crippen molar-refractivity contribution in [2.45, 2.75) is 64.2 Å². The first-order valence-corrected chi connectivity index (χ1v) is 14.2. The second-order valence-corrected chi connectivity index (χ2v) is 11.1. The molecule has 0 saturated carbocycles. The van der Waals surface area contributed by atoms with Crippen molar-refractivity contribution in [3.63, 3.8) is 0 Å². The van der Waals surface area contributed by atoms with Gasteiger partial charge < -0.3 is 25.2 Å². The Morgan fingerprint density at radius 2 is 1.93 bits per heavy atom. The van der Waals surface area contributed by atoms with Crippen LogP contribution in [0.25, 0.3) is 11.1 Å². The van der Waals surface area contributed by atoms with Gasteiger partial charge in [-0.2, -0.15) is 18.3 Å². The number of fused-ring (bicyclic) bond motifs is 1. The summed E-state index contributed by atoms with van der Waals surface area (Å²) in [4.78, 5) is 15.8. The van der Waals surface area contributed by atoms with Crippen LogP contribution >= 0.6 is 0 Å². The molecular weight excluding hydrogens is 535 g/mol. The topological polar surface area (TPSA) is 98.5 Å². The van der Waals surface area contributed by atoms with Gasteiger partial charge in [0.05, 0.1) is 18.3 Å². The molecule has 4 heterocycles. The van der Waals surface area contributed by atoms with Gasteiger partial charge in [-0.05, 0) is 62.8 Å². The maximum atomic E-state index is 14.5. The number of hydrogen-bond donors (Lipinski definition) is 3. The molecule has 3 aliphatic heterocycles. The van der Waals surface area contributed by atoms with E-state index in [-0.39, 0.29) is 36.1 Å². The Morgan fingerprint density at radius 1 is 1.17 bits per heavy atom. The quantitative estimate of drug-likeness (QED) is 0.348. The monoisotopic (exact) mass is 573 g/mol. The Morgan fingerprint density at radius 3 is 2.59 bits per heavy atom. The number of nitrogens with zero attached hydrogens (tertiary/aromatic N) is 4. The molecule has 0 unspecified atom stereocenters. The maximum Gasteiger partial charge on any atom is 0.417 e. The minimum atomic E-state index is -4.59. The van der Waals surface area contributed by atoms with E-state index < -0.39 is 11.7 Å². The fourth-order valence-electron chi connectivity index (χ4n) is 5.82. The van der Waals surface area contributed by atoms with Gasteiger partial charge in [0.1, 0.15) is 5.84 Å². The molecular formula is C29H38F3N7O2. The molecule has 41 heavy (non-hydrogen) atoms. The average Bonchev–Trinajstić information content (AvgIpc) is 3.46. The van der Waals surface area contributed by atoms with Crippen LogP contribution in [0.15, 0.2) is 35.8 Å². The number of amides is 2.